The van der Waals surface area contributed by atoms with E-state index < -0.39 is 0 Å². The van der Waals surface area contributed by atoms with Crippen LogP contribution in [0.1, 0.15) is 12.0 Å². The van der Waals surface area contributed by atoms with Crippen molar-refractivity contribution >= 4 is 29.2 Å². The van der Waals surface area contributed by atoms with Gasteiger partial charge in [-0.15, -0.1) is 0 Å². The number of aromatic hydroxyl groups is 2. The first-order valence-corrected chi connectivity index (χ1v) is 7.48. The molecule has 0 aromatic heterocycles. The number of hydrogen-bond acceptors (Lipinski definition) is 4. The molecule has 0 saturated heterocycles. The van der Waals surface area contributed by atoms with Crippen LogP contribution < -0.4 is 20.9 Å². The summed E-state index contributed by atoms with van der Waals surface area (Å²) < 4.78 is 0. The van der Waals surface area contributed by atoms with Crippen molar-refractivity contribution in [3.8, 4) is 11.5 Å². The van der Waals surface area contributed by atoms with E-state index in [0.29, 0.717) is 5.69 Å². The molecule has 2 aromatic carbocycles. The lowest BCUT2D eigenvalue weighted by Crippen LogP contribution is -2.61. The van der Waals surface area contributed by atoms with Gasteiger partial charge < -0.3 is 15.5 Å². The highest BCUT2D eigenvalue weighted by Crippen LogP contribution is 2.26. The van der Waals surface area contributed by atoms with Crippen LogP contribution in [0.4, 0.5) is 11.4 Å². The lowest BCUT2D eigenvalue weighted by Gasteiger charge is -2.07. The lowest BCUT2D eigenvalue weighted by molar-refractivity contribution is -0.345. The molecule has 23 heavy (non-hydrogen) atoms. The van der Waals surface area contributed by atoms with E-state index in [2.05, 4.69) is 15.3 Å². The fraction of sp³-hybridized carbons (Fsp3) is 0.111. The summed E-state index contributed by atoms with van der Waals surface area (Å²) in [6.45, 7) is 0.771. The molecule has 4 N–H and O–H groups in total. The van der Waals surface area contributed by atoms with E-state index >= 15 is 0 Å². The van der Waals surface area contributed by atoms with Crippen molar-refractivity contribution in [1.29, 1.82) is 0 Å². The lowest BCUT2D eigenvalue weighted by atomic mass is 10.1. The van der Waals surface area contributed by atoms with Crippen molar-refractivity contribution in [1.82, 2.24) is 0 Å². The number of rotatable bonds is 3. The van der Waals surface area contributed by atoms with Crippen LogP contribution >= 0.6 is 0 Å². The first kappa shape index (κ1) is 13.6. The Balaban J connectivity index is 1.66. The van der Waals surface area contributed by atoms with Crippen molar-refractivity contribution in [2.45, 2.75) is 6.42 Å². The third kappa shape index (κ3) is 2.36. The molecule has 4 rings (SSSR count). The summed E-state index contributed by atoms with van der Waals surface area (Å²) in [5.41, 5.74) is 3.48. The van der Waals surface area contributed by atoms with E-state index in [0.717, 1.165) is 34.8 Å². The van der Waals surface area contributed by atoms with Gasteiger partial charge in [0.2, 0.25) is 5.75 Å². The van der Waals surface area contributed by atoms with Gasteiger partial charge in [0.05, 0.1) is 16.3 Å². The molecule has 0 unspecified atom stereocenters. The average molecular weight is 306 g/mol. The molecule has 2 aliphatic rings. The molecule has 5 nitrogen and oxygen atoms in total. The fourth-order valence-corrected chi connectivity index (χ4v) is 2.90. The third-order valence-corrected chi connectivity index (χ3v) is 4.06. The van der Waals surface area contributed by atoms with Gasteiger partial charge in [-0.2, -0.15) is 0 Å². The van der Waals surface area contributed by atoms with E-state index in [-0.39, 0.29) is 11.5 Å². The van der Waals surface area contributed by atoms with Gasteiger partial charge in [-0.25, -0.2) is 4.99 Å². The van der Waals surface area contributed by atoms with E-state index in [1.54, 1.807) is 18.3 Å². The summed E-state index contributed by atoms with van der Waals surface area (Å²) in [5.74, 6) is 0.434. The Labute approximate surface area is 132 Å². The van der Waals surface area contributed by atoms with E-state index in [9.17, 15) is 10.2 Å². The van der Waals surface area contributed by atoms with E-state index in [1.165, 1.54) is 5.57 Å². The first-order chi connectivity index (χ1) is 11.2. The zero-order valence-corrected chi connectivity index (χ0v) is 12.4. The number of phenolic OH excluding ortho intramolecular Hbond substituents is 2. The van der Waals surface area contributed by atoms with Gasteiger partial charge in [-0.05, 0) is 36.3 Å². The fourth-order valence-electron chi connectivity index (χ4n) is 2.90. The molecular formula is C18H16N3O2+. The topological polar surface area (TPSA) is 78.8 Å². The predicted octanol–water partition coefficient (Wildman–Crippen LogP) is 0.151. The zero-order chi connectivity index (χ0) is 15.8. The van der Waals surface area contributed by atoms with Crippen molar-refractivity contribution in [3.63, 3.8) is 0 Å². The number of phenols is 2. The van der Waals surface area contributed by atoms with Gasteiger partial charge in [0, 0.05) is 18.3 Å². The Morgan fingerprint density at radius 2 is 2.00 bits per heavy atom. The molecule has 0 bridgehead atoms. The second-order valence-corrected chi connectivity index (χ2v) is 5.56. The summed E-state index contributed by atoms with van der Waals surface area (Å²) in [6, 6.07) is 8.76. The molecule has 0 amide bonds. The second-order valence-electron chi connectivity index (χ2n) is 5.56. The Bertz CT molecular complexity index is 957. The number of nitrogens with one attached hydrogen (secondary N) is 2. The van der Waals surface area contributed by atoms with Crippen molar-refractivity contribution < 1.29 is 15.2 Å². The second kappa shape index (κ2) is 5.28. The highest BCUT2D eigenvalue weighted by Gasteiger charge is 2.23. The number of hydrogen-bond donors (Lipinski definition) is 4. The maximum atomic E-state index is 10.4. The highest BCUT2D eigenvalue weighted by atomic mass is 16.3. The summed E-state index contributed by atoms with van der Waals surface area (Å²) in [4.78, 5) is 7.68. The molecule has 5 heteroatoms. The molecule has 0 saturated carbocycles. The van der Waals surface area contributed by atoms with Crippen molar-refractivity contribution in [3.05, 3.63) is 52.7 Å². The maximum Gasteiger partial charge on any atom is 0.257 e. The van der Waals surface area contributed by atoms with Crippen LogP contribution in [0, 0.1) is 0 Å². The quantitative estimate of drug-likeness (QED) is 0.610. The summed E-state index contributed by atoms with van der Waals surface area (Å²) in [7, 11) is 0. The largest absolute Gasteiger partial charge is 0.508 e. The standard InChI is InChI=1S/C18H15N3O2/c22-13-3-1-11(2-4-13)5-7-20-15-9-14-16-12(6-8-19-14)10-21-17(16)18(15)23/h1-5,7,9-10,20,22-23H,6,8H2/p+1/b7-5+. The Hall–Kier alpha value is -3.08. The summed E-state index contributed by atoms with van der Waals surface area (Å²) >= 11 is 0. The molecule has 0 atom stereocenters. The predicted molar refractivity (Wildman–Crippen MR) is 89.2 cm³/mol. The van der Waals surface area contributed by atoms with Gasteiger partial charge in [-0.1, -0.05) is 12.1 Å². The van der Waals surface area contributed by atoms with Crippen LogP contribution in [0.15, 0.2) is 41.5 Å². The Kier molecular flexibility index (Phi) is 3.12. The monoisotopic (exact) mass is 306 g/mol. The van der Waals surface area contributed by atoms with Gasteiger partial charge >= 0.3 is 0 Å². The van der Waals surface area contributed by atoms with Gasteiger partial charge in [-0.3, -0.25) is 4.99 Å². The van der Waals surface area contributed by atoms with E-state index in [1.807, 2.05) is 30.5 Å². The molecule has 0 radical (unpaired) electrons. The molecule has 0 fully saturated rings. The number of nitrogens with zero attached hydrogens (tertiary/aromatic N) is 1. The van der Waals surface area contributed by atoms with Gasteiger partial charge in [0.15, 0.2) is 6.21 Å². The van der Waals surface area contributed by atoms with Crippen LogP contribution in [0.2, 0.25) is 0 Å². The van der Waals surface area contributed by atoms with Crippen LogP contribution in [-0.4, -0.2) is 23.0 Å². The minimum Gasteiger partial charge on any atom is -0.508 e. The smallest absolute Gasteiger partial charge is 0.257 e. The average Bonchev–Trinajstić information content (AvgIpc) is 3.00. The van der Waals surface area contributed by atoms with Crippen molar-refractivity contribution in [2.75, 3.05) is 11.9 Å². The van der Waals surface area contributed by atoms with Crippen LogP contribution in [-0.2, 0) is 0 Å². The van der Waals surface area contributed by atoms with Gasteiger partial charge in [0.1, 0.15) is 5.75 Å². The normalized spacial score (nSPS) is 14.9. The highest BCUT2D eigenvalue weighted by molar-refractivity contribution is 6.02. The number of anilines is 1. The minimum absolute atomic E-state index is 0.197. The third-order valence-electron chi connectivity index (χ3n) is 4.06. The van der Waals surface area contributed by atoms with Gasteiger partial charge in [0.25, 0.3) is 5.69 Å². The Morgan fingerprint density at radius 3 is 2.83 bits per heavy atom. The Morgan fingerprint density at radius 1 is 1.17 bits per heavy atom. The first-order valence-electron chi connectivity index (χ1n) is 7.48. The van der Waals surface area contributed by atoms with Crippen LogP contribution in [0.5, 0.6) is 11.5 Å². The molecule has 2 aromatic rings. The number of benzene rings is 2. The molecule has 2 heterocycles. The molecular weight excluding hydrogens is 290 g/mol. The minimum atomic E-state index is 0.197. The van der Waals surface area contributed by atoms with Crippen molar-refractivity contribution in [2.24, 2.45) is 4.99 Å². The van der Waals surface area contributed by atoms with Crippen LogP contribution in [0.25, 0.3) is 11.6 Å². The zero-order valence-electron chi connectivity index (χ0n) is 12.4. The molecule has 0 aliphatic carbocycles. The SMILES string of the molecule is Oc1ccc(/C=C/Nc2cc3c4c(c2O)[NH+]=CC=4CCN=3)cc1. The van der Waals surface area contributed by atoms with E-state index in [4.69, 9.17) is 0 Å². The van der Waals surface area contributed by atoms with Crippen LogP contribution in [0.3, 0.4) is 0 Å². The summed E-state index contributed by atoms with van der Waals surface area (Å²) in [6.07, 6.45) is 6.47. The molecule has 0 spiro atoms. The molecule has 2 aliphatic heterocycles. The summed E-state index contributed by atoms with van der Waals surface area (Å²) in [5, 5.41) is 24.7. The molecule has 114 valence electrons. The maximum absolute atomic E-state index is 10.4.